The van der Waals surface area contributed by atoms with Crippen LogP contribution < -0.4 is 21.7 Å². The van der Waals surface area contributed by atoms with Gasteiger partial charge in [-0.25, -0.2) is 4.98 Å². The van der Waals surface area contributed by atoms with Crippen molar-refractivity contribution in [3.63, 3.8) is 0 Å². The highest BCUT2D eigenvalue weighted by molar-refractivity contribution is 6.31. The molecule has 2 amide bonds. The fourth-order valence-electron chi connectivity index (χ4n) is 6.52. The molecule has 0 spiro atoms. The molecule has 1 fully saturated rings. The average Bonchev–Trinajstić information content (AvgIpc) is 3.81. The predicted molar refractivity (Wildman–Crippen MR) is 209 cm³/mol. The van der Waals surface area contributed by atoms with Crippen LogP contribution in [-0.2, 0) is 33.8 Å². The van der Waals surface area contributed by atoms with Gasteiger partial charge in [0.25, 0.3) is 5.89 Å². The molecule has 4 atom stereocenters. The van der Waals surface area contributed by atoms with Crippen molar-refractivity contribution >= 4 is 63.5 Å². The first-order valence-electron chi connectivity index (χ1n) is 17.5. The number of benzene rings is 4. The molecule has 0 aliphatic carbocycles. The molecule has 4 aromatic carbocycles. The number of anilines is 1. The van der Waals surface area contributed by atoms with Crippen LogP contribution >= 0.6 is 23.2 Å². The highest BCUT2D eigenvalue weighted by Crippen LogP contribution is 2.27. The maximum Gasteiger partial charge on any atom is 0.266 e. The fourth-order valence-corrected chi connectivity index (χ4v) is 6.91. The van der Waals surface area contributed by atoms with E-state index >= 15 is 0 Å². The van der Waals surface area contributed by atoms with E-state index in [-0.39, 0.29) is 48.8 Å². The van der Waals surface area contributed by atoms with Crippen LogP contribution in [0.15, 0.2) is 101 Å². The van der Waals surface area contributed by atoms with E-state index in [0.717, 1.165) is 11.1 Å². The fraction of sp³-hybridized carbons (Fsp3) is 0.275. The Morgan fingerprint density at radius 3 is 2.43 bits per heavy atom. The summed E-state index contributed by atoms with van der Waals surface area (Å²) in [5.41, 5.74) is 9.41. The number of amides is 2. The molecule has 0 radical (unpaired) electrons. The number of oxazole rings is 1. The Bertz CT molecular complexity index is 2080. The van der Waals surface area contributed by atoms with Crippen molar-refractivity contribution in [3.8, 4) is 0 Å². The number of likely N-dealkylation sites (N-methyl/N-ethyl adjacent to an activating group) is 1. The quantitative estimate of drug-likeness (QED) is 0.0504. The van der Waals surface area contributed by atoms with E-state index in [1.807, 2.05) is 42.5 Å². The van der Waals surface area contributed by atoms with E-state index in [1.165, 1.54) is 0 Å². The summed E-state index contributed by atoms with van der Waals surface area (Å²) in [6.07, 6.45) is 0.884. The monoisotopic (exact) mass is 769 g/mol. The maximum absolute atomic E-state index is 14.4. The number of Topliss-reactive ketones (excluding diaryl/α,β-unsaturated/α-hetero) is 1. The minimum atomic E-state index is -1.17. The molecule has 54 heavy (non-hydrogen) atoms. The molecular formula is C40H41Cl2N7O5. The second-order valence-corrected chi connectivity index (χ2v) is 14.0. The van der Waals surface area contributed by atoms with Crippen LogP contribution in [0.4, 0.5) is 5.69 Å². The second-order valence-electron chi connectivity index (χ2n) is 13.1. The number of para-hydroxylation sites is 2. The number of carbonyl (C=O) groups excluding carboxylic acids is 3. The summed E-state index contributed by atoms with van der Waals surface area (Å²) in [6, 6.07) is 26.4. The first kappa shape index (κ1) is 38.5. The molecule has 5 aromatic rings. The molecule has 6 rings (SSSR count). The highest BCUT2D eigenvalue weighted by Gasteiger charge is 2.43. The molecule has 6 N–H and O–H groups in total. The average molecular weight is 771 g/mol. The van der Waals surface area contributed by atoms with E-state index in [2.05, 4.69) is 20.9 Å². The van der Waals surface area contributed by atoms with Crippen molar-refractivity contribution in [2.24, 2.45) is 5.73 Å². The standard InChI is InChI=1S/C40H41Cl2N7O5/c1-45-32(18-13-24-7-3-2-4-8-24)39(52)49-22-29(53-23-25-11-15-27(41)16-12-25)21-34(49)37(51)47-33(19-26-14-17-28(20-30(26)42)46-40(43)44)36(50)38-48-31-9-5-6-10-35(31)54-38/h2-12,14-17,20,29,32-34,45H,13,18-19,21-23H2,1H3,(H,47,51)(H4,43,44,46)/t29-,32-,33?,34+/m1/s1. The SMILES string of the molecule is CN[C@H](CCc1ccccc1)C(=O)N1C[C@H](OCc2ccc(Cl)cc2)C[C@H]1C(=O)NC(Cc1ccc(NC(=N)N)cc1Cl)C(=O)c1nc2ccccc2o1. The Kier molecular flexibility index (Phi) is 12.6. The number of carbonyl (C=O) groups is 3. The topological polar surface area (TPSA) is 176 Å². The number of hydrogen-bond acceptors (Lipinski definition) is 8. The lowest BCUT2D eigenvalue weighted by Crippen LogP contribution is -2.54. The molecule has 1 unspecified atom stereocenters. The Morgan fingerprint density at radius 1 is 0.981 bits per heavy atom. The Labute approximate surface area is 322 Å². The van der Waals surface area contributed by atoms with Crippen LogP contribution in [0.1, 0.15) is 40.2 Å². The van der Waals surface area contributed by atoms with E-state index in [0.29, 0.717) is 40.2 Å². The molecule has 1 saturated heterocycles. The lowest BCUT2D eigenvalue weighted by atomic mass is 10.0. The molecule has 0 bridgehead atoms. The number of halogens is 2. The minimum absolute atomic E-state index is 0.0180. The third-order valence-corrected chi connectivity index (χ3v) is 9.96. The number of nitrogens with two attached hydrogens (primary N) is 1. The van der Waals surface area contributed by atoms with Crippen molar-refractivity contribution in [2.45, 2.75) is 56.5 Å². The number of aromatic nitrogens is 1. The first-order chi connectivity index (χ1) is 26.1. The van der Waals surface area contributed by atoms with Crippen molar-refractivity contribution in [2.75, 3.05) is 18.9 Å². The molecule has 12 nitrogen and oxygen atoms in total. The van der Waals surface area contributed by atoms with Gasteiger partial charge in [-0.2, -0.15) is 0 Å². The summed E-state index contributed by atoms with van der Waals surface area (Å²) in [4.78, 5) is 48.7. The van der Waals surface area contributed by atoms with Gasteiger partial charge in [0, 0.05) is 35.1 Å². The molecule has 1 aromatic heterocycles. The summed E-state index contributed by atoms with van der Waals surface area (Å²) in [5, 5.41) is 17.2. The van der Waals surface area contributed by atoms with Crippen LogP contribution in [0.2, 0.25) is 10.0 Å². The number of likely N-dealkylation sites (tertiary alicyclic amines) is 1. The van der Waals surface area contributed by atoms with E-state index in [9.17, 15) is 14.4 Å². The Balaban J connectivity index is 1.26. The Hall–Kier alpha value is -5.27. The zero-order chi connectivity index (χ0) is 38.2. The molecule has 2 heterocycles. The van der Waals surface area contributed by atoms with E-state index in [1.54, 1.807) is 66.5 Å². The van der Waals surface area contributed by atoms with Gasteiger partial charge >= 0.3 is 0 Å². The zero-order valence-corrected chi connectivity index (χ0v) is 31.1. The second kappa shape index (κ2) is 17.7. The molecule has 0 saturated carbocycles. The number of nitrogens with zero attached hydrogens (tertiary/aromatic N) is 2. The van der Waals surface area contributed by atoms with Gasteiger partial charge in [0.2, 0.25) is 17.6 Å². The van der Waals surface area contributed by atoms with Crippen LogP contribution in [0.25, 0.3) is 11.1 Å². The van der Waals surface area contributed by atoms with Gasteiger partial charge in [-0.1, -0.05) is 83.9 Å². The Morgan fingerprint density at radius 2 is 1.72 bits per heavy atom. The largest absolute Gasteiger partial charge is 0.434 e. The lowest BCUT2D eigenvalue weighted by Gasteiger charge is -2.29. The van der Waals surface area contributed by atoms with Crippen LogP contribution in [0.3, 0.4) is 0 Å². The molecule has 280 valence electrons. The first-order valence-corrected chi connectivity index (χ1v) is 18.3. The molecule has 14 heteroatoms. The smallest absolute Gasteiger partial charge is 0.266 e. The van der Waals surface area contributed by atoms with Gasteiger partial charge in [0.1, 0.15) is 17.6 Å². The number of rotatable bonds is 15. The third kappa shape index (κ3) is 9.63. The van der Waals surface area contributed by atoms with Crippen LogP contribution in [0, 0.1) is 5.41 Å². The summed E-state index contributed by atoms with van der Waals surface area (Å²) < 4.78 is 12.1. The van der Waals surface area contributed by atoms with Crippen LogP contribution in [-0.4, -0.2) is 71.3 Å². The summed E-state index contributed by atoms with van der Waals surface area (Å²) in [7, 11) is 1.73. The van der Waals surface area contributed by atoms with Crippen molar-refractivity contribution < 1.29 is 23.5 Å². The van der Waals surface area contributed by atoms with Crippen molar-refractivity contribution in [1.29, 1.82) is 5.41 Å². The number of guanidine groups is 1. The highest BCUT2D eigenvalue weighted by atomic mass is 35.5. The van der Waals surface area contributed by atoms with Crippen molar-refractivity contribution in [3.05, 3.63) is 130 Å². The van der Waals surface area contributed by atoms with Gasteiger partial charge in [0.05, 0.1) is 18.8 Å². The number of hydrogen-bond donors (Lipinski definition) is 5. The van der Waals surface area contributed by atoms with E-state index < -0.39 is 35.9 Å². The normalized spacial score (nSPS) is 16.5. The summed E-state index contributed by atoms with van der Waals surface area (Å²) in [5.74, 6) is -1.78. The third-order valence-electron chi connectivity index (χ3n) is 9.35. The number of fused-ring (bicyclic) bond motifs is 1. The maximum atomic E-state index is 14.4. The molecule has 1 aliphatic heterocycles. The minimum Gasteiger partial charge on any atom is -0.434 e. The van der Waals surface area contributed by atoms with Gasteiger partial charge in [-0.15, -0.1) is 0 Å². The molecule has 1 aliphatic rings. The van der Waals surface area contributed by atoms with Crippen LogP contribution in [0.5, 0.6) is 0 Å². The lowest BCUT2D eigenvalue weighted by molar-refractivity contribution is -0.140. The summed E-state index contributed by atoms with van der Waals surface area (Å²) in [6.45, 7) is 0.432. The predicted octanol–water partition coefficient (Wildman–Crippen LogP) is 5.76. The number of ether oxygens (including phenoxy) is 1. The zero-order valence-electron chi connectivity index (χ0n) is 29.6. The number of aryl methyl sites for hydroxylation is 1. The van der Waals surface area contributed by atoms with Gasteiger partial charge < -0.3 is 35.7 Å². The van der Waals surface area contributed by atoms with Gasteiger partial charge in [0.15, 0.2) is 11.5 Å². The molecular weight excluding hydrogens is 729 g/mol. The number of ketones is 1. The summed E-state index contributed by atoms with van der Waals surface area (Å²) >= 11 is 12.7. The van der Waals surface area contributed by atoms with E-state index in [4.69, 9.17) is 43.5 Å². The van der Waals surface area contributed by atoms with Gasteiger partial charge in [-0.3, -0.25) is 19.8 Å². The van der Waals surface area contributed by atoms with Crippen molar-refractivity contribution in [1.82, 2.24) is 20.5 Å². The number of nitrogens with one attached hydrogen (secondary N) is 4. The van der Waals surface area contributed by atoms with Gasteiger partial charge in [-0.05, 0) is 73.0 Å².